The van der Waals surface area contributed by atoms with E-state index in [-0.39, 0.29) is 4.88 Å². The summed E-state index contributed by atoms with van der Waals surface area (Å²) in [5.41, 5.74) is 8.24. The second-order valence-electron chi connectivity index (χ2n) is 4.37. The maximum Gasteiger partial charge on any atom is 0.348 e. The lowest BCUT2D eigenvalue weighted by molar-refractivity contribution is 0.0702. The van der Waals surface area contributed by atoms with Gasteiger partial charge in [0.15, 0.2) is 0 Å². The van der Waals surface area contributed by atoms with Crippen LogP contribution in [0.15, 0.2) is 48.8 Å². The fourth-order valence-electron chi connectivity index (χ4n) is 1.96. The molecule has 0 aliphatic heterocycles. The molecule has 0 bridgehead atoms. The van der Waals surface area contributed by atoms with Gasteiger partial charge in [0.25, 0.3) is 0 Å². The van der Waals surface area contributed by atoms with Gasteiger partial charge in [0, 0.05) is 29.2 Å². The van der Waals surface area contributed by atoms with E-state index in [2.05, 4.69) is 9.97 Å². The highest BCUT2D eigenvalue weighted by Gasteiger charge is 2.19. The van der Waals surface area contributed by atoms with Crippen molar-refractivity contribution < 1.29 is 9.90 Å². The van der Waals surface area contributed by atoms with E-state index in [0.717, 1.165) is 16.9 Å². The summed E-state index contributed by atoms with van der Waals surface area (Å²) in [5, 5.41) is 10.0. The Bertz CT molecular complexity index is 800. The van der Waals surface area contributed by atoms with Crippen molar-refractivity contribution in [2.75, 3.05) is 5.73 Å². The van der Waals surface area contributed by atoms with Crippen LogP contribution in [0.4, 0.5) is 5.69 Å². The number of hydrogen-bond acceptors (Lipinski definition) is 5. The summed E-state index contributed by atoms with van der Waals surface area (Å²) in [6.07, 6.45) is 3.32. The highest BCUT2D eigenvalue weighted by molar-refractivity contribution is 7.17. The fourth-order valence-corrected chi connectivity index (χ4v) is 2.88. The first-order valence-electron chi connectivity index (χ1n) is 6.15. The zero-order valence-corrected chi connectivity index (χ0v) is 11.7. The standard InChI is InChI=1S/C15H11N3O2S/c16-11-5-1-3-9(7-11)12-13(15(19)20)21-14(18-12)10-4-2-6-17-8-10/h1-8H,16H2,(H,19,20). The van der Waals surface area contributed by atoms with Gasteiger partial charge < -0.3 is 10.8 Å². The maximum absolute atomic E-state index is 11.4. The van der Waals surface area contributed by atoms with Gasteiger partial charge in [0.05, 0.1) is 5.69 Å². The minimum atomic E-state index is -1.000. The lowest BCUT2D eigenvalue weighted by Crippen LogP contribution is -1.96. The predicted molar refractivity (Wildman–Crippen MR) is 82.2 cm³/mol. The van der Waals surface area contributed by atoms with Crippen LogP contribution in [0.1, 0.15) is 9.67 Å². The van der Waals surface area contributed by atoms with E-state index in [1.165, 1.54) is 0 Å². The minimum absolute atomic E-state index is 0.194. The first-order valence-corrected chi connectivity index (χ1v) is 6.97. The molecule has 2 aromatic heterocycles. The van der Waals surface area contributed by atoms with Crippen molar-refractivity contribution in [1.29, 1.82) is 0 Å². The van der Waals surface area contributed by atoms with Gasteiger partial charge in [0.1, 0.15) is 9.88 Å². The van der Waals surface area contributed by atoms with E-state index in [1.54, 1.807) is 42.7 Å². The number of pyridine rings is 1. The largest absolute Gasteiger partial charge is 0.477 e. The molecule has 0 spiro atoms. The molecular formula is C15H11N3O2S. The van der Waals surface area contributed by atoms with Crippen LogP contribution in [0.3, 0.4) is 0 Å². The van der Waals surface area contributed by atoms with Gasteiger partial charge in [0.2, 0.25) is 0 Å². The molecule has 3 aromatic rings. The topological polar surface area (TPSA) is 89.1 Å². The number of nitrogens with two attached hydrogens (primary N) is 1. The summed E-state index contributed by atoms with van der Waals surface area (Å²) in [7, 11) is 0. The van der Waals surface area contributed by atoms with E-state index in [4.69, 9.17) is 5.73 Å². The second-order valence-corrected chi connectivity index (χ2v) is 5.37. The summed E-state index contributed by atoms with van der Waals surface area (Å²) in [6.45, 7) is 0. The van der Waals surface area contributed by atoms with Gasteiger partial charge in [-0.25, -0.2) is 9.78 Å². The molecule has 104 valence electrons. The highest BCUT2D eigenvalue weighted by Crippen LogP contribution is 2.34. The van der Waals surface area contributed by atoms with Crippen LogP contribution >= 0.6 is 11.3 Å². The third-order valence-corrected chi connectivity index (χ3v) is 3.98. The zero-order valence-electron chi connectivity index (χ0n) is 10.9. The van der Waals surface area contributed by atoms with Crippen molar-refractivity contribution in [2.24, 2.45) is 0 Å². The molecule has 0 saturated heterocycles. The van der Waals surface area contributed by atoms with E-state index in [0.29, 0.717) is 22.0 Å². The van der Waals surface area contributed by atoms with Crippen LogP contribution in [0.5, 0.6) is 0 Å². The van der Waals surface area contributed by atoms with Gasteiger partial charge in [-0.1, -0.05) is 12.1 Å². The van der Waals surface area contributed by atoms with Crippen LogP contribution in [0, 0.1) is 0 Å². The molecule has 0 aliphatic carbocycles. The number of thiazole rings is 1. The quantitative estimate of drug-likeness (QED) is 0.725. The summed E-state index contributed by atoms with van der Waals surface area (Å²) >= 11 is 1.13. The maximum atomic E-state index is 11.4. The Kier molecular flexibility index (Phi) is 3.37. The molecular weight excluding hydrogens is 286 g/mol. The van der Waals surface area contributed by atoms with Gasteiger partial charge in [-0.15, -0.1) is 11.3 Å². The number of aromatic carboxylic acids is 1. The van der Waals surface area contributed by atoms with Crippen LogP contribution in [0.25, 0.3) is 21.8 Å². The number of nitrogen functional groups attached to an aromatic ring is 1. The van der Waals surface area contributed by atoms with Crippen molar-refractivity contribution in [3.63, 3.8) is 0 Å². The molecule has 2 heterocycles. The van der Waals surface area contributed by atoms with Crippen LogP contribution in [-0.4, -0.2) is 21.0 Å². The van der Waals surface area contributed by atoms with Gasteiger partial charge in [-0.3, -0.25) is 4.98 Å². The second kappa shape index (κ2) is 5.34. The monoisotopic (exact) mass is 297 g/mol. The molecule has 6 heteroatoms. The number of nitrogens with zero attached hydrogens (tertiary/aromatic N) is 2. The van der Waals surface area contributed by atoms with Crippen molar-refractivity contribution in [2.45, 2.75) is 0 Å². The number of carboxylic acids is 1. The molecule has 0 atom stereocenters. The Morgan fingerprint density at radius 2 is 2.00 bits per heavy atom. The predicted octanol–water partition coefficient (Wildman–Crippen LogP) is 3.15. The van der Waals surface area contributed by atoms with E-state index >= 15 is 0 Å². The number of anilines is 1. The van der Waals surface area contributed by atoms with Crippen molar-refractivity contribution in [3.8, 4) is 21.8 Å². The molecule has 0 saturated carbocycles. The Hall–Kier alpha value is -2.73. The minimum Gasteiger partial charge on any atom is -0.477 e. The molecule has 3 N–H and O–H groups in total. The summed E-state index contributed by atoms with van der Waals surface area (Å²) in [4.78, 5) is 20.1. The number of benzene rings is 1. The first kappa shape index (κ1) is 13.3. The number of carbonyl (C=O) groups is 1. The average Bonchev–Trinajstić information content (AvgIpc) is 2.93. The average molecular weight is 297 g/mol. The third kappa shape index (κ3) is 2.61. The highest BCUT2D eigenvalue weighted by atomic mass is 32.1. The number of rotatable bonds is 3. The number of hydrogen-bond donors (Lipinski definition) is 2. The lowest BCUT2D eigenvalue weighted by atomic mass is 10.1. The molecule has 0 unspecified atom stereocenters. The SMILES string of the molecule is Nc1cccc(-c2nc(-c3cccnc3)sc2C(=O)O)c1. The molecule has 5 nitrogen and oxygen atoms in total. The zero-order chi connectivity index (χ0) is 14.8. The first-order chi connectivity index (χ1) is 10.1. The Balaban J connectivity index is 2.16. The van der Waals surface area contributed by atoms with E-state index in [1.807, 2.05) is 6.07 Å². The summed E-state index contributed by atoms with van der Waals surface area (Å²) in [5.74, 6) is -1.000. The van der Waals surface area contributed by atoms with Crippen LogP contribution in [-0.2, 0) is 0 Å². The third-order valence-electron chi connectivity index (χ3n) is 2.89. The van der Waals surface area contributed by atoms with Gasteiger partial charge in [-0.2, -0.15) is 0 Å². The van der Waals surface area contributed by atoms with E-state index < -0.39 is 5.97 Å². The molecule has 0 radical (unpaired) electrons. The lowest BCUT2D eigenvalue weighted by Gasteiger charge is -2.00. The smallest absolute Gasteiger partial charge is 0.348 e. The number of carboxylic acid groups (broad SMARTS) is 1. The van der Waals surface area contributed by atoms with Crippen molar-refractivity contribution >= 4 is 23.0 Å². The summed E-state index contributed by atoms with van der Waals surface area (Å²) in [6, 6.07) is 10.7. The molecule has 0 fully saturated rings. The number of aromatic nitrogens is 2. The van der Waals surface area contributed by atoms with Crippen molar-refractivity contribution in [1.82, 2.24) is 9.97 Å². The Labute approximate surface area is 124 Å². The van der Waals surface area contributed by atoms with Gasteiger partial charge >= 0.3 is 5.97 Å². The summed E-state index contributed by atoms with van der Waals surface area (Å²) < 4.78 is 0. The molecule has 0 aliphatic rings. The van der Waals surface area contributed by atoms with E-state index in [9.17, 15) is 9.90 Å². The normalized spacial score (nSPS) is 10.5. The molecule has 0 amide bonds. The molecule has 1 aromatic carbocycles. The molecule has 3 rings (SSSR count). The Morgan fingerprint density at radius 3 is 2.67 bits per heavy atom. The van der Waals surface area contributed by atoms with Crippen LogP contribution < -0.4 is 5.73 Å². The molecule has 21 heavy (non-hydrogen) atoms. The van der Waals surface area contributed by atoms with Gasteiger partial charge in [-0.05, 0) is 24.3 Å². The van der Waals surface area contributed by atoms with Crippen molar-refractivity contribution in [3.05, 3.63) is 53.7 Å². The Morgan fingerprint density at radius 1 is 1.19 bits per heavy atom. The fraction of sp³-hybridized carbons (Fsp3) is 0. The van der Waals surface area contributed by atoms with Crippen LogP contribution in [0.2, 0.25) is 0 Å².